The van der Waals surface area contributed by atoms with E-state index in [1.54, 1.807) is 42.6 Å². The van der Waals surface area contributed by atoms with Gasteiger partial charge in [-0.3, -0.25) is 4.72 Å². The van der Waals surface area contributed by atoms with Gasteiger partial charge in [0.1, 0.15) is 4.21 Å². The van der Waals surface area contributed by atoms with E-state index in [9.17, 15) is 8.42 Å². The van der Waals surface area contributed by atoms with E-state index in [4.69, 9.17) is 4.42 Å². The average Bonchev–Trinajstić information content (AvgIpc) is 3.10. The van der Waals surface area contributed by atoms with Crippen molar-refractivity contribution in [1.82, 2.24) is 4.98 Å². The maximum absolute atomic E-state index is 12.2. The Bertz CT molecular complexity index is 835. The molecule has 2 aromatic heterocycles. The van der Waals surface area contributed by atoms with E-state index in [-0.39, 0.29) is 0 Å². The number of thiophene rings is 1. The monoisotopic (exact) mass is 320 g/mol. The van der Waals surface area contributed by atoms with Crippen molar-refractivity contribution in [1.29, 1.82) is 0 Å². The standard InChI is InChI=1S/C14H12N2O3S2/c1-10-2-7-14(20-10)21(17,18)16-12-5-3-11(4-6-12)13-8-15-9-19-13/h2-9,16H,1H3. The van der Waals surface area contributed by atoms with Gasteiger partial charge in [-0.2, -0.15) is 0 Å². The summed E-state index contributed by atoms with van der Waals surface area (Å²) in [6.07, 6.45) is 2.96. The van der Waals surface area contributed by atoms with Crippen molar-refractivity contribution in [2.24, 2.45) is 0 Å². The van der Waals surface area contributed by atoms with Crippen LogP contribution in [0.1, 0.15) is 4.88 Å². The van der Waals surface area contributed by atoms with E-state index >= 15 is 0 Å². The second kappa shape index (κ2) is 5.34. The summed E-state index contributed by atoms with van der Waals surface area (Å²) in [5.74, 6) is 0.637. The van der Waals surface area contributed by atoms with Crippen molar-refractivity contribution < 1.29 is 12.8 Å². The minimum Gasteiger partial charge on any atom is -0.444 e. The van der Waals surface area contributed by atoms with Crippen LogP contribution in [0.25, 0.3) is 11.3 Å². The summed E-state index contributed by atoms with van der Waals surface area (Å²) in [6, 6.07) is 10.3. The molecule has 0 unspecified atom stereocenters. The molecular weight excluding hydrogens is 308 g/mol. The molecule has 0 bridgehead atoms. The normalized spacial score (nSPS) is 11.5. The van der Waals surface area contributed by atoms with Crippen molar-refractivity contribution in [3.63, 3.8) is 0 Å². The van der Waals surface area contributed by atoms with Gasteiger partial charge < -0.3 is 4.42 Å². The van der Waals surface area contributed by atoms with Crippen LogP contribution >= 0.6 is 11.3 Å². The molecule has 2 heterocycles. The van der Waals surface area contributed by atoms with Crippen LogP contribution in [0.5, 0.6) is 0 Å². The second-order valence-electron chi connectivity index (χ2n) is 4.41. The summed E-state index contributed by atoms with van der Waals surface area (Å²) in [6.45, 7) is 1.87. The van der Waals surface area contributed by atoms with E-state index in [2.05, 4.69) is 9.71 Å². The molecule has 7 heteroatoms. The van der Waals surface area contributed by atoms with Gasteiger partial charge in [0, 0.05) is 16.1 Å². The van der Waals surface area contributed by atoms with Crippen LogP contribution in [0.4, 0.5) is 5.69 Å². The van der Waals surface area contributed by atoms with E-state index < -0.39 is 10.0 Å². The first-order valence-corrected chi connectivity index (χ1v) is 8.43. The first-order chi connectivity index (χ1) is 10.0. The predicted octanol–water partition coefficient (Wildman–Crippen LogP) is 3.51. The Hall–Kier alpha value is -2.12. The summed E-state index contributed by atoms with van der Waals surface area (Å²) >= 11 is 1.24. The van der Waals surface area contributed by atoms with Gasteiger partial charge in [0.2, 0.25) is 0 Å². The second-order valence-corrected chi connectivity index (χ2v) is 7.61. The molecule has 0 saturated heterocycles. The highest BCUT2D eigenvalue weighted by Gasteiger charge is 2.16. The third-order valence-corrected chi connectivity index (χ3v) is 5.71. The molecule has 108 valence electrons. The number of hydrogen-bond acceptors (Lipinski definition) is 5. The number of oxazole rings is 1. The number of nitrogens with zero attached hydrogens (tertiary/aromatic N) is 1. The summed E-state index contributed by atoms with van der Waals surface area (Å²) in [4.78, 5) is 4.80. The number of benzene rings is 1. The average molecular weight is 320 g/mol. The molecule has 0 aliphatic rings. The summed E-state index contributed by atoms with van der Waals surface area (Å²) in [5.41, 5.74) is 1.34. The number of anilines is 1. The molecule has 0 atom stereocenters. The highest BCUT2D eigenvalue weighted by molar-refractivity contribution is 7.94. The van der Waals surface area contributed by atoms with Gasteiger partial charge in [0.15, 0.2) is 12.2 Å². The number of nitrogens with one attached hydrogen (secondary N) is 1. The van der Waals surface area contributed by atoms with Crippen LogP contribution in [0.2, 0.25) is 0 Å². The van der Waals surface area contributed by atoms with Crippen LogP contribution < -0.4 is 4.72 Å². The molecule has 0 amide bonds. The lowest BCUT2D eigenvalue weighted by Crippen LogP contribution is -2.11. The van der Waals surface area contributed by atoms with Gasteiger partial charge in [-0.05, 0) is 43.3 Å². The van der Waals surface area contributed by atoms with Crippen LogP contribution in [0.3, 0.4) is 0 Å². The molecule has 1 aromatic carbocycles. The minimum atomic E-state index is -3.53. The van der Waals surface area contributed by atoms with Crippen LogP contribution in [-0.4, -0.2) is 13.4 Å². The molecule has 0 aliphatic heterocycles. The Labute approximate surface area is 126 Å². The van der Waals surface area contributed by atoms with Crippen LogP contribution in [0, 0.1) is 6.92 Å². The Kier molecular flexibility index (Phi) is 3.52. The fourth-order valence-corrected chi connectivity index (χ4v) is 4.16. The smallest absolute Gasteiger partial charge is 0.271 e. The molecule has 0 fully saturated rings. The Morgan fingerprint density at radius 1 is 1.14 bits per heavy atom. The maximum atomic E-state index is 12.2. The predicted molar refractivity (Wildman–Crippen MR) is 81.8 cm³/mol. The van der Waals surface area contributed by atoms with E-state index in [1.807, 2.05) is 6.92 Å². The zero-order valence-corrected chi connectivity index (χ0v) is 12.7. The van der Waals surface area contributed by atoms with Crippen molar-refractivity contribution in [2.75, 3.05) is 4.72 Å². The zero-order chi connectivity index (χ0) is 14.9. The number of aryl methyl sites for hydroxylation is 1. The van der Waals surface area contributed by atoms with Crippen LogP contribution in [-0.2, 0) is 10.0 Å². The summed E-state index contributed by atoms with van der Waals surface area (Å²) in [5, 5.41) is 0. The lowest BCUT2D eigenvalue weighted by molar-refractivity contribution is 0.572. The molecule has 1 N–H and O–H groups in total. The third-order valence-electron chi connectivity index (χ3n) is 2.83. The number of rotatable bonds is 4. The molecule has 0 aliphatic carbocycles. The summed E-state index contributed by atoms with van der Waals surface area (Å²) in [7, 11) is -3.53. The first kappa shape index (κ1) is 13.8. The molecule has 0 spiro atoms. The highest BCUT2D eigenvalue weighted by Crippen LogP contribution is 2.25. The van der Waals surface area contributed by atoms with Crippen molar-refractivity contribution >= 4 is 27.0 Å². The largest absolute Gasteiger partial charge is 0.444 e. The number of hydrogen-bond donors (Lipinski definition) is 1. The molecule has 21 heavy (non-hydrogen) atoms. The maximum Gasteiger partial charge on any atom is 0.271 e. The number of sulfonamides is 1. The molecule has 5 nitrogen and oxygen atoms in total. The fourth-order valence-electron chi connectivity index (χ4n) is 1.82. The topological polar surface area (TPSA) is 72.2 Å². The fraction of sp³-hybridized carbons (Fsp3) is 0.0714. The van der Waals surface area contributed by atoms with Crippen molar-refractivity contribution in [3.8, 4) is 11.3 Å². The minimum absolute atomic E-state index is 0.305. The quantitative estimate of drug-likeness (QED) is 0.798. The molecule has 0 radical (unpaired) electrons. The lowest BCUT2D eigenvalue weighted by Gasteiger charge is -2.06. The van der Waals surface area contributed by atoms with Gasteiger partial charge >= 0.3 is 0 Å². The molecular formula is C14H12N2O3S2. The summed E-state index contributed by atoms with van der Waals surface area (Å²) < 4.78 is 32.4. The van der Waals surface area contributed by atoms with Gasteiger partial charge in [-0.1, -0.05) is 0 Å². The van der Waals surface area contributed by atoms with Crippen molar-refractivity contribution in [3.05, 3.63) is 53.9 Å². The van der Waals surface area contributed by atoms with Crippen LogP contribution in [0.15, 0.2) is 57.6 Å². The molecule has 0 saturated carbocycles. The highest BCUT2D eigenvalue weighted by atomic mass is 32.2. The van der Waals surface area contributed by atoms with E-state index in [0.29, 0.717) is 15.7 Å². The van der Waals surface area contributed by atoms with Crippen molar-refractivity contribution in [2.45, 2.75) is 11.1 Å². The van der Waals surface area contributed by atoms with Gasteiger partial charge in [-0.15, -0.1) is 11.3 Å². The third kappa shape index (κ3) is 2.98. The SMILES string of the molecule is Cc1ccc(S(=O)(=O)Nc2ccc(-c3cnco3)cc2)s1. The van der Waals surface area contributed by atoms with E-state index in [1.165, 1.54) is 17.7 Å². The number of aromatic nitrogens is 1. The van der Waals surface area contributed by atoms with Gasteiger partial charge in [-0.25, -0.2) is 13.4 Å². The Morgan fingerprint density at radius 3 is 2.48 bits per heavy atom. The zero-order valence-electron chi connectivity index (χ0n) is 11.1. The van der Waals surface area contributed by atoms with Gasteiger partial charge in [0.05, 0.1) is 6.20 Å². The molecule has 3 aromatic rings. The van der Waals surface area contributed by atoms with Gasteiger partial charge in [0.25, 0.3) is 10.0 Å². The Morgan fingerprint density at radius 2 is 1.90 bits per heavy atom. The lowest BCUT2D eigenvalue weighted by atomic mass is 10.2. The first-order valence-electron chi connectivity index (χ1n) is 6.13. The Balaban J connectivity index is 1.82. The van der Waals surface area contributed by atoms with E-state index in [0.717, 1.165) is 10.4 Å². The molecule has 3 rings (SSSR count).